The van der Waals surface area contributed by atoms with E-state index in [9.17, 15) is 4.79 Å². The summed E-state index contributed by atoms with van der Waals surface area (Å²) in [5.74, 6) is 1.55. The maximum absolute atomic E-state index is 12.0. The monoisotopic (exact) mass is 358 g/mol. The Bertz CT molecular complexity index is 933. The van der Waals surface area contributed by atoms with Crippen molar-refractivity contribution in [2.45, 2.75) is 11.9 Å². The lowest BCUT2D eigenvalue weighted by Crippen LogP contribution is -2.16. The topological polar surface area (TPSA) is 26.3 Å². The van der Waals surface area contributed by atoms with E-state index in [4.69, 9.17) is 4.74 Å². The molecule has 0 aromatic heterocycles. The van der Waals surface area contributed by atoms with Gasteiger partial charge in [-0.25, -0.2) is 0 Å². The molecule has 0 N–H and O–H groups in total. The molecule has 0 radical (unpaired) electrons. The van der Waals surface area contributed by atoms with Gasteiger partial charge < -0.3 is 4.74 Å². The van der Waals surface area contributed by atoms with Crippen LogP contribution in [0, 0.1) is 0 Å². The largest absolute Gasteiger partial charge is 0.480 e. The van der Waals surface area contributed by atoms with Crippen LogP contribution in [0.5, 0.6) is 5.75 Å². The minimum absolute atomic E-state index is 0.264. The van der Waals surface area contributed by atoms with Crippen LogP contribution in [0.25, 0.3) is 5.57 Å². The van der Waals surface area contributed by atoms with Gasteiger partial charge in [0.25, 0.3) is 0 Å². The van der Waals surface area contributed by atoms with Crippen molar-refractivity contribution in [3.63, 3.8) is 0 Å². The molecule has 0 fully saturated rings. The number of carbonyl (C=O) groups is 1. The van der Waals surface area contributed by atoms with Crippen molar-refractivity contribution in [2.75, 3.05) is 0 Å². The van der Waals surface area contributed by atoms with Crippen LogP contribution in [0.4, 0.5) is 0 Å². The maximum Gasteiger partial charge on any atom is 0.155 e. The highest BCUT2D eigenvalue weighted by molar-refractivity contribution is 8.02. The minimum atomic E-state index is -0.264. The summed E-state index contributed by atoms with van der Waals surface area (Å²) in [6, 6.07) is 28.1. The third kappa shape index (κ3) is 3.31. The Morgan fingerprint density at radius 1 is 0.846 bits per heavy atom. The molecule has 3 heteroatoms. The second-order valence-electron chi connectivity index (χ2n) is 6.07. The van der Waals surface area contributed by atoms with E-state index < -0.39 is 0 Å². The second-order valence-corrected chi connectivity index (χ2v) is 7.09. The fourth-order valence-electron chi connectivity index (χ4n) is 3.10. The highest BCUT2D eigenvalue weighted by Gasteiger charge is 2.30. The van der Waals surface area contributed by atoms with E-state index in [-0.39, 0.29) is 6.10 Å². The number of rotatable bonds is 5. The molecule has 3 aromatic carbocycles. The van der Waals surface area contributed by atoms with Crippen LogP contribution in [0.3, 0.4) is 0 Å². The van der Waals surface area contributed by atoms with Crippen molar-refractivity contribution in [3.8, 4) is 5.75 Å². The van der Waals surface area contributed by atoms with Crippen molar-refractivity contribution in [3.05, 3.63) is 107 Å². The smallest absolute Gasteiger partial charge is 0.155 e. The van der Waals surface area contributed by atoms with Gasteiger partial charge in [-0.05, 0) is 17.2 Å². The molecule has 0 bridgehead atoms. The fraction of sp³-hybridized carbons (Fsp3) is 0.0870. The zero-order chi connectivity index (χ0) is 17.8. The van der Waals surface area contributed by atoms with Crippen LogP contribution in [0.15, 0.2) is 89.8 Å². The fourth-order valence-corrected chi connectivity index (χ4v) is 4.27. The third-order valence-electron chi connectivity index (χ3n) is 4.38. The van der Waals surface area contributed by atoms with Crippen LogP contribution in [-0.2, 0) is 10.5 Å². The quantitative estimate of drug-likeness (QED) is 0.550. The van der Waals surface area contributed by atoms with Gasteiger partial charge in [0.05, 0.1) is 0 Å². The molecular weight excluding hydrogens is 340 g/mol. The van der Waals surface area contributed by atoms with Gasteiger partial charge in [-0.3, -0.25) is 4.79 Å². The minimum Gasteiger partial charge on any atom is -0.480 e. The first-order chi connectivity index (χ1) is 12.9. The molecule has 128 valence electrons. The number of carbonyl (C=O) groups excluding carboxylic acids is 1. The molecular formula is C23H18O2S. The van der Waals surface area contributed by atoms with Gasteiger partial charge in [-0.15, -0.1) is 11.8 Å². The number of benzene rings is 3. The van der Waals surface area contributed by atoms with E-state index in [1.807, 2.05) is 72.8 Å². The Morgan fingerprint density at radius 3 is 2.23 bits per heavy atom. The number of ether oxygens (including phenoxy) is 1. The van der Waals surface area contributed by atoms with Gasteiger partial charge in [0.2, 0.25) is 0 Å². The normalized spacial score (nSPS) is 15.9. The van der Waals surface area contributed by atoms with Gasteiger partial charge in [0.15, 0.2) is 12.4 Å². The first-order valence-corrected chi connectivity index (χ1v) is 9.52. The summed E-state index contributed by atoms with van der Waals surface area (Å²) in [6.45, 7) is 0. The van der Waals surface area contributed by atoms with E-state index in [0.717, 1.165) is 39.4 Å². The van der Waals surface area contributed by atoms with Crippen LogP contribution < -0.4 is 4.74 Å². The number of hydrogen-bond acceptors (Lipinski definition) is 3. The van der Waals surface area contributed by atoms with Crippen LogP contribution in [0.2, 0.25) is 0 Å². The summed E-state index contributed by atoms with van der Waals surface area (Å²) >= 11 is 1.67. The molecule has 1 atom stereocenters. The summed E-state index contributed by atoms with van der Waals surface area (Å²) in [7, 11) is 0. The zero-order valence-electron chi connectivity index (χ0n) is 14.2. The first-order valence-electron chi connectivity index (χ1n) is 8.54. The summed E-state index contributed by atoms with van der Waals surface area (Å²) in [5, 5.41) is 0. The first kappa shape index (κ1) is 16.7. The predicted molar refractivity (Wildman–Crippen MR) is 107 cm³/mol. The summed E-state index contributed by atoms with van der Waals surface area (Å²) in [5.41, 5.74) is 3.87. The standard InChI is InChI=1S/C23H18O2S/c24-15-20-19-13-7-8-14-21(19)25-22(18-11-5-2-6-12-18)23(20)26-16-17-9-3-1-4-10-17/h1-15,22H,16H2. The van der Waals surface area contributed by atoms with Crippen LogP contribution >= 0.6 is 11.8 Å². The molecule has 26 heavy (non-hydrogen) atoms. The average Bonchev–Trinajstić information content (AvgIpc) is 2.72. The van der Waals surface area contributed by atoms with E-state index in [0.29, 0.717) is 0 Å². The van der Waals surface area contributed by atoms with Gasteiger partial charge >= 0.3 is 0 Å². The van der Waals surface area contributed by atoms with Gasteiger partial charge in [-0.1, -0.05) is 78.9 Å². The van der Waals surface area contributed by atoms with Gasteiger partial charge in [0, 0.05) is 21.8 Å². The number of thioether (sulfide) groups is 1. The van der Waals surface area contributed by atoms with E-state index in [1.54, 1.807) is 11.8 Å². The van der Waals surface area contributed by atoms with Crippen molar-refractivity contribution in [1.82, 2.24) is 0 Å². The van der Waals surface area contributed by atoms with Crippen LogP contribution in [-0.4, -0.2) is 6.29 Å². The number of hydrogen-bond donors (Lipinski definition) is 0. The summed E-state index contributed by atoms with van der Waals surface area (Å²) in [4.78, 5) is 13.0. The van der Waals surface area contributed by atoms with E-state index in [2.05, 4.69) is 12.1 Å². The summed E-state index contributed by atoms with van der Waals surface area (Å²) in [6.07, 6.45) is 0.699. The number of para-hydroxylation sites is 1. The maximum atomic E-state index is 12.0. The Morgan fingerprint density at radius 2 is 1.50 bits per heavy atom. The highest BCUT2D eigenvalue weighted by Crippen LogP contribution is 2.46. The second kappa shape index (κ2) is 7.63. The van der Waals surface area contributed by atoms with Crippen molar-refractivity contribution in [1.29, 1.82) is 0 Å². The molecule has 0 saturated carbocycles. The number of allylic oxidation sites excluding steroid dienone is 1. The number of aldehydes is 1. The average molecular weight is 358 g/mol. The molecule has 1 heterocycles. The lowest BCUT2D eigenvalue weighted by Gasteiger charge is -2.29. The molecule has 0 saturated heterocycles. The van der Waals surface area contributed by atoms with Crippen molar-refractivity contribution in [2.24, 2.45) is 0 Å². The Kier molecular flexibility index (Phi) is 4.89. The molecule has 3 aromatic rings. The third-order valence-corrected chi connectivity index (χ3v) is 5.61. The molecule has 1 unspecified atom stereocenters. The Labute approximate surface area is 157 Å². The molecule has 0 amide bonds. The molecule has 0 spiro atoms. The molecule has 0 aliphatic carbocycles. The lowest BCUT2D eigenvalue weighted by molar-refractivity contribution is -0.103. The zero-order valence-corrected chi connectivity index (χ0v) is 15.0. The van der Waals surface area contributed by atoms with E-state index in [1.165, 1.54) is 5.56 Å². The number of fused-ring (bicyclic) bond motifs is 1. The highest BCUT2D eigenvalue weighted by atomic mass is 32.2. The van der Waals surface area contributed by atoms with Gasteiger partial charge in [0.1, 0.15) is 5.75 Å². The van der Waals surface area contributed by atoms with E-state index >= 15 is 0 Å². The predicted octanol–water partition coefficient (Wildman–Crippen LogP) is 5.66. The lowest BCUT2D eigenvalue weighted by atomic mass is 9.97. The van der Waals surface area contributed by atoms with Gasteiger partial charge in [-0.2, -0.15) is 0 Å². The SMILES string of the molecule is O=CC1=C(SCc2ccccc2)C(c2ccccc2)Oc2ccccc21. The van der Waals surface area contributed by atoms with Crippen molar-refractivity contribution < 1.29 is 9.53 Å². The Hall–Kier alpha value is -2.78. The molecule has 1 aliphatic rings. The Balaban J connectivity index is 1.77. The van der Waals surface area contributed by atoms with Crippen LogP contribution in [0.1, 0.15) is 22.8 Å². The molecule has 1 aliphatic heterocycles. The van der Waals surface area contributed by atoms with Crippen molar-refractivity contribution >= 4 is 23.6 Å². The molecule has 2 nitrogen and oxygen atoms in total. The summed E-state index contributed by atoms with van der Waals surface area (Å²) < 4.78 is 6.31. The molecule has 4 rings (SSSR count).